The van der Waals surface area contributed by atoms with Crippen LogP contribution in [0.15, 0.2) is 48.5 Å². The van der Waals surface area contributed by atoms with E-state index in [4.69, 9.17) is 4.74 Å². The number of carbonyl (C=O) groups excluding carboxylic acids is 2. The molecule has 2 amide bonds. The van der Waals surface area contributed by atoms with E-state index >= 15 is 0 Å². The van der Waals surface area contributed by atoms with E-state index in [1.165, 1.54) is 12.8 Å². The van der Waals surface area contributed by atoms with Crippen LogP contribution in [-0.4, -0.2) is 43.5 Å². The molecule has 148 valence electrons. The van der Waals surface area contributed by atoms with Gasteiger partial charge in [0, 0.05) is 5.69 Å². The molecule has 1 aliphatic heterocycles. The van der Waals surface area contributed by atoms with E-state index in [1.54, 1.807) is 49.6 Å². The van der Waals surface area contributed by atoms with E-state index in [2.05, 4.69) is 15.5 Å². The van der Waals surface area contributed by atoms with Crippen molar-refractivity contribution in [3.63, 3.8) is 0 Å². The molecule has 2 N–H and O–H groups in total. The molecule has 28 heavy (non-hydrogen) atoms. The molecule has 1 fully saturated rings. The zero-order chi connectivity index (χ0) is 19.8. The molecule has 0 aliphatic carbocycles. The maximum absolute atomic E-state index is 12.7. The van der Waals surface area contributed by atoms with Crippen molar-refractivity contribution in [2.45, 2.75) is 25.7 Å². The highest BCUT2D eigenvalue weighted by atomic mass is 16.5. The number of hydrogen-bond donors (Lipinski definition) is 2. The average molecular weight is 381 g/mol. The van der Waals surface area contributed by atoms with Crippen molar-refractivity contribution in [2.24, 2.45) is 0 Å². The zero-order valence-electron chi connectivity index (χ0n) is 16.2. The predicted octanol–water partition coefficient (Wildman–Crippen LogP) is 3.76. The van der Waals surface area contributed by atoms with Gasteiger partial charge in [0.15, 0.2) is 0 Å². The highest BCUT2D eigenvalue weighted by molar-refractivity contribution is 6.10. The van der Waals surface area contributed by atoms with Gasteiger partial charge in [0.2, 0.25) is 5.91 Å². The number of anilines is 2. The predicted molar refractivity (Wildman–Crippen MR) is 111 cm³/mol. The van der Waals surface area contributed by atoms with Gasteiger partial charge in [0.25, 0.3) is 5.91 Å². The molecule has 1 saturated heterocycles. The van der Waals surface area contributed by atoms with Crippen LogP contribution in [0.1, 0.15) is 36.0 Å². The molecular formula is C22H27N3O3. The second-order valence-electron chi connectivity index (χ2n) is 6.97. The Morgan fingerprint density at radius 2 is 1.61 bits per heavy atom. The van der Waals surface area contributed by atoms with Gasteiger partial charge >= 0.3 is 0 Å². The van der Waals surface area contributed by atoms with E-state index < -0.39 is 0 Å². The molecule has 0 radical (unpaired) electrons. The molecular weight excluding hydrogens is 354 g/mol. The topological polar surface area (TPSA) is 70.7 Å². The Hall–Kier alpha value is -2.86. The van der Waals surface area contributed by atoms with Crippen molar-refractivity contribution in [2.75, 3.05) is 37.4 Å². The number of hydrogen-bond acceptors (Lipinski definition) is 4. The molecule has 0 spiro atoms. The summed E-state index contributed by atoms with van der Waals surface area (Å²) in [6.07, 6.45) is 4.72. The summed E-state index contributed by atoms with van der Waals surface area (Å²) in [6.45, 7) is 2.26. The molecule has 2 aromatic rings. The SMILES string of the molecule is COc1ccc(NC(=O)c2ccccc2NC(=O)CN2CCCCCC2)cc1. The highest BCUT2D eigenvalue weighted by Gasteiger charge is 2.16. The lowest BCUT2D eigenvalue weighted by molar-refractivity contribution is -0.117. The lowest BCUT2D eigenvalue weighted by Crippen LogP contribution is -2.34. The third-order valence-corrected chi connectivity index (χ3v) is 4.86. The maximum Gasteiger partial charge on any atom is 0.257 e. The molecule has 1 heterocycles. The first-order valence-electron chi connectivity index (χ1n) is 9.72. The van der Waals surface area contributed by atoms with Gasteiger partial charge in [-0.2, -0.15) is 0 Å². The number of amides is 2. The molecule has 0 unspecified atom stereocenters. The number of benzene rings is 2. The Balaban J connectivity index is 1.64. The van der Waals surface area contributed by atoms with Gasteiger partial charge in [-0.25, -0.2) is 0 Å². The monoisotopic (exact) mass is 381 g/mol. The first kappa shape index (κ1) is 19.9. The molecule has 3 rings (SSSR count). The number of para-hydroxylation sites is 1. The summed E-state index contributed by atoms with van der Waals surface area (Å²) < 4.78 is 5.13. The summed E-state index contributed by atoms with van der Waals surface area (Å²) in [7, 11) is 1.60. The molecule has 1 aliphatic rings. The molecule has 2 aromatic carbocycles. The Morgan fingerprint density at radius 3 is 2.29 bits per heavy atom. The molecule has 6 nitrogen and oxygen atoms in total. The number of carbonyl (C=O) groups is 2. The van der Waals surface area contributed by atoms with Gasteiger partial charge < -0.3 is 15.4 Å². The van der Waals surface area contributed by atoms with Crippen LogP contribution in [0, 0.1) is 0 Å². The van der Waals surface area contributed by atoms with Crippen LogP contribution in [0.3, 0.4) is 0 Å². The quantitative estimate of drug-likeness (QED) is 0.799. The third-order valence-electron chi connectivity index (χ3n) is 4.86. The fourth-order valence-corrected chi connectivity index (χ4v) is 3.35. The summed E-state index contributed by atoms with van der Waals surface area (Å²) in [6, 6.07) is 14.2. The van der Waals surface area contributed by atoms with E-state index in [9.17, 15) is 9.59 Å². The van der Waals surface area contributed by atoms with E-state index in [0.717, 1.165) is 31.7 Å². The van der Waals surface area contributed by atoms with Crippen molar-refractivity contribution in [3.05, 3.63) is 54.1 Å². The first-order chi connectivity index (χ1) is 13.7. The smallest absolute Gasteiger partial charge is 0.257 e. The van der Waals surface area contributed by atoms with Gasteiger partial charge in [0.1, 0.15) is 5.75 Å². The number of likely N-dealkylation sites (tertiary alicyclic amines) is 1. The minimum Gasteiger partial charge on any atom is -0.497 e. The zero-order valence-corrected chi connectivity index (χ0v) is 16.2. The highest BCUT2D eigenvalue weighted by Crippen LogP contribution is 2.20. The Labute approximate surface area is 165 Å². The van der Waals surface area contributed by atoms with Crippen LogP contribution in [-0.2, 0) is 4.79 Å². The molecule has 6 heteroatoms. The largest absolute Gasteiger partial charge is 0.497 e. The second kappa shape index (κ2) is 9.90. The summed E-state index contributed by atoms with van der Waals surface area (Å²) in [4.78, 5) is 27.4. The fourth-order valence-electron chi connectivity index (χ4n) is 3.35. The standard InChI is InChI=1S/C22H27N3O3/c1-28-18-12-10-17(11-13-18)23-22(27)19-8-4-5-9-20(19)24-21(26)16-25-14-6-2-3-7-15-25/h4-5,8-13H,2-3,6-7,14-16H2,1H3,(H,23,27)(H,24,26). The molecule has 0 aromatic heterocycles. The lowest BCUT2D eigenvalue weighted by atomic mass is 10.1. The van der Waals surface area contributed by atoms with Crippen molar-refractivity contribution in [3.8, 4) is 5.75 Å². The van der Waals surface area contributed by atoms with Crippen LogP contribution in [0.25, 0.3) is 0 Å². The lowest BCUT2D eigenvalue weighted by Gasteiger charge is -2.19. The van der Waals surface area contributed by atoms with Crippen LogP contribution in [0.2, 0.25) is 0 Å². The number of methoxy groups -OCH3 is 1. The van der Waals surface area contributed by atoms with Crippen molar-refractivity contribution >= 4 is 23.2 Å². The van der Waals surface area contributed by atoms with Crippen LogP contribution in [0.5, 0.6) is 5.75 Å². The fraction of sp³-hybridized carbons (Fsp3) is 0.364. The van der Waals surface area contributed by atoms with Crippen LogP contribution in [0.4, 0.5) is 11.4 Å². The third kappa shape index (κ3) is 5.57. The number of nitrogens with zero attached hydrogens (tertiary/aromatic N) is 1. The van der Waals surface area contributed by atoms with Crippen molar-refractivity contribution in [1.82, 2.24) is 4.90 Å². The Kier molecular flexibility index (Phi) is 7.03. The van der Waals surface area contributed by atoms with Gasteiger partial charge in [-0.3, -0.25) is 14.5 Å². The maximum atomic E-state index is 12.7. The van der Waals surface area contributed by atoms with Crippen molar-refractivity contribution < 1.29 is 14.3 Å². The molecule has 0 saturated carbocycles. The normalized spacial score (nSPS) is 14.8. The summed E-state index contributed by atoms with van der Waals surface area (Å²) >= 11 is 0. The minimum absolute atomic E-state index is 0.0911. The number of nitrogens with one attached hydrogen (secondary N) is 2. The van der Waals surface area contributed by atoms with E-state index in [1.807, 2.05) is 6.07 Å². The minimum atomic E-state index is -0.268. The number of ether oxygens (including phenoxy) is 1. The van der Waals surface area contributed by atoms with Crippen LogP contribution >= 0.6 is 0 Å². The molecule has 0 bridgehead atoms. The summed E-state index contributed by atoms with van der Waals surface area (Å²) in [5, 5.41) is 5.76. The van der Waals surface area contributed by atoms with Crippen LogP contribution < -0.4 is 15.4 Å². The average Bonchev–Trinajstić information content (AvgIpc) is 2.97. The van der Waals surface area contributed by atoms with Gasteiger partial charge in [-0.1, -0.05) is 25.0 Å². The second-order valence-corrected chi connectivity index (χ2v) is 6.97. The first-order valence-corrected chi connectivity index (χ1v) is 9.72. The summed E-state index contributed by atoms with van der Waals surface area (Å²) in [5.74, 6) is 0.363. The van der Waals surface area contributed by atoms with Gasteiger partial charge in [0.05, 0.1) is 24.9 Å². The van der Waals surface area contributed by atoms with Crippen molar-refractivity contribution in [1.29, 1.82) is 0 Å². The Bertz CT molecular complexity index is 797. The Morgan fingerprint density at radius 1 is 0.929 bits per heavy atom. The summed E-state index contributed by atoms with van der Waals surface area (Å²) in [5.41, 5.74) is 1.62. The van der Waals surface area contributed by atoms with E-state index in [0.29, 0.717) is 23.5 Å². The number of rotatable bonds is 6. The molecule has 0 atom stereocenters. The van der Waals surface area contributed by atoms with Gasteiger partial charge in [-0.05, 0) is 62.3 Å². The van der Waals surface area contributed by atoms with E-state index in [-0.39, 0.29) is 11.8 Å². The van der Waals surface area contributed by atoms with Gasteiger partial charge in [-0.15, -0.1) is 0 Å².